The van der Waals surface area contributed by atoms with Gasteiger partial charge in [0.15, 0.2) is 0 Å². The fraction of sp³-hybridized carbons (Fsp3) is 0.462. The highest BCUT2D eigenvalue weighted by molar-refractivity contribution is 7.89. The second kappa shape index (κ2) is 6.66. The molecule has 0 atom stereocenters. The molecule has 0 saturated carbocycles. The van der Waals surface area contributed by atoms with Crippen molar-refractivity contribution in [3.8, 4) is 0 Å². The van der Waals surface area contributed by atoms with Crippen LogP contribution < -0.4 is 5.73 Å². The van der Waals surface area contributed by atoms with Gasteiger partial charge in [-0.05, 0) is 24.6 Å². The van der Waals surface area contributed by atoms with Gasteiger partial charge in [0, 0.05) is 18.7 Å². The minimum absolute atomic E-state index is 0.0212. The summed E-state index contributed by atoms with van der Waals surface area (Å²) in [4.78, 5) is 11.0. The Hall–Kier alpha value is -1.61. The Morgan fingerprint density at radius 1 is 1.32 bits per heavy atom. The third-order valence-corrected chi connectivity index (χ3v) is 5.08. The van der Waals surface area contributed by atoms with Crippen molar-refractivity contribution in [2.75, 3.05) is 13.1 Å². The van der Waals surface area contributed by atoms with Gasteiger partial charge in [-0.15, -0.1) is 0 Å². The van der Waals surface area contributed by atoms with E-state index in [9.17, 15) is 26.4 Å². The molecule has 22 heavy (non-hydrogen) atoms. The molecule has 0 unspecified atom stereocenters. The molecule has 0 bridgehead atoms. The van der Waals surface area contributed by atoms with Gasteiger partial charge in [0.2, 0.25) is 15.9 Å². The van der Waals surface area contributed by atoms with Crippen LogP contribution >= 0.6 is 0 Å². The Morgan fingerprint density at radius 2 is 1.91 bits per heavy atom. The lowest BCUT2D eigenvalue weighted by Gasteiger charge is -2.21. The van der Waals surface area contributed by atoms with Crippen LogP contribution in [0, 0.1) is 6.92 Å². The molecule has 0 heterocycles. The number of aryl methyl sites for hydroxylation is 1. The van der Waals surface area contributed by atoms with Crippen LogP contribution in [0.2, 0.25) is 0 Å². The van der Waals surface area contributed by atoms with E-state index in [-0.39, 0.29) is 17.0 Å². The van der Waals surface area contributed by atoms with Crippen molar-refractivity contribution in [3.63, 3.8) is 0 Å². The number of sulfonamides is 1. The number of alkyl halides is 3. The minimum atomic E-state index is -4.45. The van der Waals surface area contributed by atoms with Gasteiger partial charge in [-0.25, -0.2) is 8.42 Å². The van der Waals surface area contributed by atoms with Crippen LogP contribution in [0.5, 0.6) is 0 Å². The summed E-state index contributed by atoms with van der Waals surface area (Å²) in [6.07, 6.45) is -5.69. The summed E-state index contributed by atoms with van der Waals surface area (Å²) >= 11 is 0. The molecule has 124 valence electrons. The molecule has 9 heteroatoms. The summed E-state index contributed by atoms with van der Waals surface area (Å²) in [6, 6.07) is 3.72. The van der Waals surface area contributed by atoms with Crippen LogP contribution in [0.3, 0.4) is 0 Å². The van der Waals surface area contributed by atoms with Crippen molar-refractivity contribution in [1.82, 2.24) is 4.31 Å². The van der Waals surface area contributed by atoms with E-state index in [1.165, 1.54) is 19.1 Å². The SMILES string of the molecule is CCN(CCC(F)(F)F)S(=O)(=O)c1ccc(C)c(C(N)=O)c1. The molecule has 1 aromatic rings. The summed E-state index contributed by atoms with van der Waals surface area (Å²) in [6.45, 7) is 2.23. The van der Waals surface area contributed by atoms with E-state index in [1.807, 2.05) is 0 Å². The van der Waals surface area contributed by atoms with Crippen LogP contribution in [0.15, 0.2) is 23.1 Å². The normalized spacial score (nSPS) is 12.6. The van der Waals surface area contributed by atoms with Crippen LogP contribution in [0.1, 0.15) is 29.3 Å². The fourth-order valence-corrected chi connectivity index (χ4v) is 3.35. The van der Waals surface area contributed by atoms with Crippen LogP contribution in [0.4, 0.5) is 13.2 Å². The standard InChI is InChI=1S/C13H17F3N2O3S/c1-3-18(7-6-13(14,15)16)22(20,21)10-5-4-9(2)11(8-10)12(17)19/h4-5,8H,3,6-7H2,1-2H3,(H2,17,19). The quantitative estimate of drug-likeness (QED) is 0.862. The van der Waals surface area contributed by atoms with Gasteiger partial charge < -0.3 is 5.73 Å². The number of primary amides is 1. The first-order valence-corrected chi connectivity index (χ1v) is 7.90. The van der Waals surface area contributed by atoms with Crippen LogP contribution in [0.25, 0.3) is 0 Å². The van der Waals surface area contributed by atoms with E-state index in [4.69, 9.17) is 5.73 Å². The number of nitrogens with zero attached hydrogens (tertiary/aromatic N) is 1. The molecule has 0 aromatic heterocycles. The smallest absolute Gasteiger partial charge is 0.366 e. The maximum Gasteiger partial charge on any atom is 0.390 e. The van der Waals surface area contributed by atoms with Crippen molar-refractivity contribution < 1.29 is 26.4 Å². The van der Waals surface area contributed by atoms with E-state index >= 15 is 0 Å². The maximum atomic E-state index is 12.4. The molecule has 0 aliphatic rings. The first kappa shape index (κ1) is 18.4. The van der Waals surface area contributed by atoms with Gasteiger partial charge in [0.05, 0.1) is 11.3 Å². The zero-order valence-electron chi connectivity index (χ0n) is 12.1. The Labute approximate surface area is 127 Å². The average Bonchev–Trinajstić information content (AvgIpc) is 2.37. The Balaban J connectivity index is 3.16. The predicted molar refractivity (Wildman–Crippen MR) is 74.8 cm³/mol. The van der Waals surface area contributed by atoms with Crippen molar-refractivity contribution >= 4 is 15.9 Å². The molecular formula is C13H17F3N2O3S. The van der Waals surface area contributed by atoms with E-state index in [0.717, 1.165) is 10.4 Å². The summed E-state index contributed by atoms with van der Waals surface area (Å²) in [5.74, 6) is -0.798. The van der Waals surface area contributed by atoms with Crippen LogP contribution in [-0.4, -0.2) is 37.9 Å². The molecule has 0 aliphatic carbocycles. The largest absolute Gasteiger partial charge is 0.390 e. The van der Waals surface area contributed by atoms with Gasteiger partial charge in [-0.2, -0.15) is 17.5 Å². The number of hydrogen-bond donors (Lipinski definition) is 1. The van der Waals surface area contributed by atoms with Gasteiger partial charge in [-0.3, -0.25) is 4.79 Å². The predicted octanol–water partition coefficient (Wildman–Crippen LogP) is 2.06. The number of hydrogen-bond acceptors (Lipinski definition) is 3. The highest BCUT2D eigenvalue weighted by Gasteiger charge is 2.31. The van der Waals surface area contributed by atoms with Crippen molar-refractivity contribution in [3.05, 3.63) is 29.3 Å². The lowest BCUT2D eigenvalue weighted by Crippen LogP contribution is -2.34. The van der Waals surface area contributed by atoms with Crippen molar-refractivity contribution in [2.24, 2.45) is 5.73 Å². The third-order valence-electron chi connectivity index (χ3n) is 3.11. The summed E-state index contributed by atoms with van der Waals surface area (Å²) < 4.78 is 62.3. The van der Waals surface area contributed by atoms with Gasteiger partial charge in [-0.1, -0.05) is 13.0 Å². The molecule has 1 rings (SSSR count). The number of halogens is 3. The summed E-state index contributed by atoms with van der Waals surface area (Å²) in [5, 5.41) is 0. The first-order chi connectivity index (χ1) is 9.99. The van der Waals surface area contributed by atoms with E-state index in [2.05, 4.69) is 0 Å². The Morgan fingerprint density at radius 3 is 2.36 bits per heavy atom. The van der Waals surface area contributed by atoms with Crippen molar-refractivity contribution in [1.29, 1.82) is 0 Å². The Bertz CT molecular complexity index is 657. The summed E-state index contributed by atoms with van der Waals surface area (Å²) in [5.41, 5.74) is 5.67. The molecule has 1 aromatic carbocycles. The molecule has 5 nitrogen and oxygen atoms in total. The molecule has 0 aliphatic heterocycles. The van der Waals surface area contributed by atoms with E-state index in [0.29, 0.717) is 5.56 Å². The lowest BCUT2D eigenvalue weighted by molar-refractivity contribution is -0.135. The van der Waals surface area contributed by atoms with E-state index < -0.39 is 35.1 Å². The van der Waals surface area contributed by atoms with Gasteiger partial charge in [0.25, 0.3) is 0 Å². The van der Waals surface area contributed by atoms with E-state index in [1.54, 1.807) is 6.92 Å². The second-order valence-corrected chi connectivity index (χ2v) is 6.64. The molecule has 0 radical (unpaired) electrons. The van der Waals surface area contributed by atoms with Gasteiger partial charge >= 0.3 is 6.18 Å². The number of rotatable bonds is 6. The highest BCUT2D eigenvalue weighted by atomic mass is 32.2. The third kappa shape index (κ3) is 4.44. The molecule has 0 saturated heterocycles. The number of benzene rings is 1. The number of carbonyl (C=O) groups excluding carboxylic acids is 1. The van der Waals surface area contributed by atoms with Crippen LogP contribution in [-0.2, 0) is 10.0 Å². The number of amides is 1. The summed E-state index contributed by atoms with van der Waals surface area (Å²) in [7, 11) is -4.12. The number of carbonyl (C=O) groups is 1. The molecular weight excluding hydrogens is 321 g/mol. The van der Waals surface area contributed by atoms with Crippen molar-refractivity contribution in [2.45, 2.75) is 31.3 Å². The van der Waals surface area contributed by atoms with Gasteiger partial charge in [0.1, 0.15) is 0 Å². The number of nitrogens with two attached hydrogens (primary N) is 1. The molecule has 2 N–H and O–H groups in total. The Kier molecular flexibility index (Phi) is 5.58. The second-order valence-electron chi connectivity index (χ2n) is 4.70. The minimum Gasteiger partial charge on any atom is -0.366 e. The molecule has 0 spiro atoms. The first-order valence-electron chi connectivity index (χ1n) is 6.46. The zero-order chi connectivity index (χ0) is 17.1. The topological polar surface area (TPSA) is 80.5 Å². The zero-order valence-corrected chi connectivity index (χ0v) is 13.0. The lowest BCUT2D eigenvalue weighted by atomic mass is 10.1. The molecule has 0 fully saturated rings. The maximum absolute atomic E-state index is 12.4. The molecule has 1 amide bonds. The highest BCUT2D eigenvalue weighted by Crippen LogP contribution is 2.24. The monoisotopic (exact) mass is 338 g/mol. The fourth-order valence-electron chi connectivity index (χ4n) is 1.88. The average molecular weight is 338 g/mol.